The highest BCUT2D eigenvalue weighted by atomic mass is 16.7. The van der Waals surface area contributed by atoms with Crippen molar-refractivity contribution in [1.29, 1.82) is 0 Å². The lowest BCUT2D eigenvalue weighted by Gasteiger charge is -2.54. The van der Waals surface area contributed by atoms with Crippen LogP contribution in [0.2, 0.25) is 0 Å². The highest BCUT2D eigenvalue weighted by Crippen LogP contribution is 2.79. The highest BCUT2D eigenvalue weighted by molar-refractivity contribution is 5.92. The molecule has 186 valence electrons. The second-order valence-corrected chi connectivity index (χ2v) is 12.0. The largest absolute Gasteiger partial charge is 0.459 e. The molecule has 2 saturated carbocycles. The van der Waals surface area contributed by atoms with Crippen LogP contribution in [-0.4, -0.2) is 53.8 Å². The number of carbonyl (C=O) groups is 3. The van der Waals surface area contributed by atoms with Crippen LogP contribution >= 0.6 is 0 Å². The average molecular weight is 473 g/mol. The minimum Gasteiger partial charge on any atom is -0.459 e. The number of ether oxygens (including phenoxy) is 4. The molecule has 0 amide bonds. The van der Waals surface area contributed by atoms with Crippen LogP contribution in [0.5, 0.6) is 0 Å². The molecule has 0 N–H and O–H groups in total. The summed E-state index contributed by atoms with van der Waals surface area (Å²) in [5, 5.41) is 0. The standard InChI is InChI=1S/C27H36O7/c1-14(2)17-11-21-27(34-21)25(4)10-9-16-18(13-31-24(16)30)19(25)12-20-26(27,33-20)23(17)32-22(29)8-6-5-7-15(3)28/h14,17,19-21,23H,5-13H2,1-4H3/t17-,19-,20-,21-,23+,25-,26+,27+/m0/s1. The first kappa shape index (κ1) is 22.7. The van der Waals surface area contributed by atoms with Crippen molar-refractivity contribution in [2.45, 2.75) is 109 Å². The summed E-state index contributed by atoms with van der Waals surface area (Å²) in [5.74, 6) is 0.513. The number of hydrogen-bond donors (Lipinski definition) is 0. The van der Waals surface area contributed by atoms with Gasteiger partial charge in [0.2, 0.25) is 0 Å². The zero-order valence-corrected chi connectivity index (χ0v) is 20.7. The molecule has 34 heavy (non-hydrogen) atoms. The molecule has 8 atom stereocenters. The van der Waals surface area contributed by atoms with Gasteiger partial charge in [0, 0.05) is 29.7 Å². The van der Waals surface area contributed by atoms with Gasteiger partial charge in [0.05, 0.1) is 12.2 Å². The van der Waals surface area contributed by atoms with Gasteiger partial charge in [0.25, 0.3) is 0 Å². The van der Waals surface area contributed by atoms with E-state index in [9.17, 15) is 14.4 Å². The van der Waals surface area contributed by atoms with Crippen molar-refractivity contribution >= 4 is 17.7 Å². The van der Waals surface area contributed by atoms with Crippen LogP contribution in [0.15, 0.2) is 11.1 Å². The number of unbranched alkanes of at least 4 members (excludes halogenated alkanes) is 1. The molecule has 3 aliphatic carbocycles. The van der Waals surface area contributed by atoms with E-state index in [1.54, 1.807) is 6.92 Å². The van der Waals surface area contributed by atoms with Crippen LogP contribution in [-0.2, 0) is 33.3 Å². The number of Topliss-reactive ketones (excluding diaryl/α,β-unsaturated/α-hetero) is 1. The van der Waals surface area contributed by atoms with E-state index in [0.717, 1.165) is 30.4 Å². The summed E-state index contributed by atoms with van der Waals surface area (Å²) in [4.78, 5) is 36.5. The lowest BCUT2D eigenvalue weighted by molar-refractivity contribution is -0.169. The molecule has 0 unspecified atom stereocenters. The summed E-state index contributed by atoms with van der Waals surface area (Å²) >= 11 is 0. The first-order chi connectivity index (χ1) is 16.2. The first-order valence-electron chi connectivity index (χ1n) is 13.1. The third kappa shape index (κ3) is 2.80. The number of fused-ring (bicyclic) bond motifs is 2. The van der Waals surface area contributed by atoms with Crippen LogP contribution in [0, 0.1) is 23.2 Å². The van der Waals surface area contributed by atoms with E-state index >= 15 is 0 Å². The van der Waals surface area contributed by atoms with E-state index in [1.165, 1.54) is 0 Å². The minimum absolute atomic E-state index is 0.0322. The molecule has 6 aliphatic rings. The van der Waals surface area contributed by atoms with Gasteiger partial charge in [0.15, 0.2) is 5.60 Å². The number of esters is 2. The van der Waals surface area contributed by atoms with E-state index in [-0.39, 0.29) is 53.3 Å². The monoisotopic (exact) mass is 472 g/mol. The van der Waals surface area contributed by atoms with Gasteiger partial charge in [-0.25, -0.2) is 4.79 Å². The molecule has 7 heteroatoms. The Labute approximate surface area is 200 Å². The first-order valence-corrected chi connectivity index (χ1v) is 13.1. The summed E-state index contributed by atoms with van der Waals surface area (Å²) in [7, 11) is 0. The summed E-state index contributed by atoms with van der Waals surface area (Å²) in [6.45, 7) is 8.66. The topological polar surface area (TPSA) is 94.7 Å². The number of ketones is 1. The Morgan fingerprint density at radius 1 is 1.12 bits per heavy atom. The van der Waals surface area contributed by atoms with E-state index in [0.29, 0.717) is 44.6 Å². The third-order valence-corrected chi connectivity index (χ3v) is 10.0. The number of carbonyl (C=O) groups excluding carboxylic acids is 3. The van der Waals surface area contributed by atoms with Gasteiger partial charge >= 0.3 is 11.9 Å². The van der Waals surface area contributed by atoms with Gasteiger partial charge in [-0.1, -0.05) is 20.8 Å². The molecule has 3 aliphatic heterocycles. The van der Waals surface area contributed by atoms with Gasteiger partial charge in [-0.05, 0) is 62.9 Å². The molecule has 6 rings (SSSR count). The fraction of sp³-hybridized carbons (Fsp3) is 0.815. The second kappa shape index (κ2) is 7.39. The predicted molar refractivity (Wildman–Crippen MR) is 121 cm³/mol. The van der Waals surface area contributed by atoms with Crippen LogP contribution < -0.4 is 0 Å². The van der Waals surface area contributed by atoms with Gasteiger partial charge in [-0.2, -0.15) is 0 Å². The molecule has 2 spiro atoms. The van der Waals surface area contributed by atoms with Crippen LogP contribution in [0.25, 0.3) is 0 Å². The normalized spacial score (nSPS) is 45.4. The van der Waals surface area contributed by atoms with E-state index in [1.807, 2.05) is 0 Å². The zero-order chi connectivity index (χ0) is 24.0. The smallest absolute Gasteiger partial charge is 0.334 e. The van der Waals surface area contributed by atoms with Crippen molar-refractivity contribution in [1.82, 2.24) is 0 Å². The molecule has 4 fully saturated rings. The minimum atomic E-state index is -0.591. The SMILES string of the molecule is CC(=O)CCCCC(=O)O[C@@H]1[C@H](C(C)C)C[C@@H]2O[C@]23[C@]12O[C@H]2C[C@H]1C2=C(CC[C@@]13C)C(=O)OC2. The van der Waals surface area contributed by atoms with E-state index in [2.05, 4.69) is 20.8 Å². The summed E-state index contributed by atoms with van der Waals surface area (Å²) < 4.78 is 25.0. The number of rotatable bonds is 7. The van der Waals surface area contributed by atoms with Gasteiger partial charge in [-0.3, -0.25) is 4.79 Å². The van der Waals surface area contributed by atoms with Crippen molar-refractivity contribution in [2.24, 2.45) is 23.2 Å². The molecule has 0 bridgehead atoms. The van der Waals surface area contributed by atoms with Crippen LogP contribution in [0.1, 0.15) is 79.1 Å². The van der Waals surface area contributed by atoms with Gasteiger partial charge in [0.1, 0.15) is 24.1 Å². The Morgan fingerprint density at radius 3 is 2.62 bits per heavy atom. The summed E-state index contributed by atoms with van der Waals surface area (Å²) in [5.41, 5.74) is 0.783. The molecule has 2 saturated heterocycles. The molecule has 0 radical (unpaired) electrons. The molecule has 0 aromatic heterocycles. The zero-order valence-electron chi connectivity index (χ0n) is 20.7. The summed E-state index contributed by atoms with van der Waals surface area (Å²) in [6.07, 6.45) is 5.19. The van der Waals surface area contributed by atoms with Crippen molar-refractivity contribution in [3.8, 4) is 0 Å². The van der Waals surface area contributed by atoms with Crippen molar-refractivity contribution in [3.63, 3.8) is 0 Å². The van der Waals surface area contributed by atoms with Crippen LogP contribution in [0.3, 0.4) is 0 Å². The second-order valence-electron chi connectivity index (χ2n) is 12.0. The Balaban J connectivity index is 1.29. The Kier molecular flexibility index (Phi) is 4.94. The average Bonchev–Trinajstić information content (AvgIpc) is 3.65. The number of epoxide rings is 2. The molecule has 0 aromatic carbocycles. The Bertz CT molecular complexity index is 983. The Morgan fingerprint density at radius 2 is 1.88 bits per heavy atom. The maximum Gasteiger partial charge on any atom is 0.334 e. The lowest BCUT2D eigenvalue weighted by Crippen LogP contribution is -2.67. The predicted octanol–water partition coefficient (Wildman–Crippen LogP) is 3.67. The molecular weight excluding hydrogens is 436 g/mol. The highest BCUT2D eigenvalue weighted by Gasteiger charge is 2.93. The Hall–Kier alpha value is -1.73. The molecule has 7 nitrogen and oxygen atoms in total. The van der Waals surface area contributed by atoms with Gasteiger partial charge < -0.3 is 23.7 Å². The fourth-order valence-corrected chi connectivity index (χ4v) is 8.27. The van der Waals surface area contributed by atoms with E-state index in [4.69, 9.17) is 18.9 Å². The fourth-order valence-electron chi connectivity index (χ4n) is 8.27. The number of cyclic esters (lactones) is 1. The van der Waals surface area contributed by atoms with E-state index < -0.39 is 11.2 Å². The molecule has 0 aromatic rings. The maximum atomic E-state index is 13.0. The quantitative estimate of drug-likeness (QED) is 0.317. The maximum absolute atomic E-state index is 13.0. The lowest BCUT2D eigenvalue weighted by atomic mass is 9.46. The molecular formula is C27H36O7. The van der Waals surface area contributed by atoms with Crippen molar-refractivity contribution < 1.29 is 33.3 Å². The summed E-state index contributed by atoms with van der Waals surface area (Å²) in [6, 6.07) is 0. The van der Waals surface area contributed by atoms with Crippen LogP contribution in [0.4, 0.5) is 0 Å². The molecule has 3 heterocycles. The number of hydrogen-bond acceptors (Lipinski definition) is 7. The van der Waals surface area contributed by atoms with Gasteiger partial charge in [-0.15, -0.1) is 0 Å². The van der Waals surface area contributed by atoms with Crippen molar-refractivity contribution in [3.05, 3.63) is 11.1 Å². The third-order valence-electron chi connectivity index (χ3n) is 10.0. The van der Waals surface area contributed by atoms with Crippen molar-refractivity contribution in [2.75, 3.05) is 6.61 Å².